The number of amides is 1. The van der Waals surface area contributed by atoms with Gasteiger partial charge in [-0.2, -0.15) is 0 Å². The minimum Gasteiger partial charge on any atom is -0.335 e. The Bertz CT molecular complexity index is 459. The van der Waals surface area contributed by atoms with Crippen LogP contribution in [0.4, 0.5) is 0 Å². The molecule has 1 N–H and O–H groups in total. The van der Waals surface area contributed by atoms with Crippen molar-refractivity contribution < 1.29 is 4.79 Å². The number of nitrogens with one attached hydrogen (secondary N) is 1. The summed E-state index contributed by atoms with van der Waals surface area (Å²) in [6.45, 7) is 4.22. The highest BCUT2D eigenvalue weighted by Gasteiger charge is 2.38. The lowest BCUT2D eigenvalue weighted by Gasteiger charge is -2.29. The Labute approximate surface area is 127 Å². The fraction of sp³-hybridized carbons (Fsp3) is 0.611. The summed E-state index contributed by atoms with van der Waals surface area (Å²) >= 11 is 0. The van der Waals surface area contributed by atoms with E-state index in [-0.39, 0.29) is 0 Å². The van der Waals surface area contributed by atoms with Crippen molar-refractivity contribution in [3.63, 3.8) is 0 Å². The summed E-state index contributed by atoms with van der Waals surface area (Å²) in [6, 6.07) is 11.4. The molecular formula is C18H26N2O. The molecule has 114 valence electrons. The van der Waals surface area contributed by atoms with Crippen LogP contribution in [-0.4, -0.2) is 36.0 Å². The van der Waals surface area contributed by atoms with E-state index in [0.29, 0.717) is 30.3 Å². The molecule has 3 unspecified atom stereocenters. The van der Waals surface area contributed by atoms with Crippen LogP contribution >= 0.6 is 0 Å². The molecule has 3 heteroatoms. The maximum absolute atomic E-state index is 12.9. The molecule has 2 saturated heterocycles. The van der Waals surface area contributed by atoms with Gasteiger partial charge in [-0.1, -0.05) is 37.3 Å². The highest BCUT2D eigenvalue weighted by atomic mass is 16.2. The number of rotatable bonds is 4. The summed E-state index contributed by atoms with van der Waals surface area (Å²) in [5, 5.41) is 3.47. The molecule has 2 heterocycles. The summed E-state index contributed by atoms with van der Waals surface area (Å²) in [5.41, 5.74) is 1.30. The quantitative estimate of drug-likeness (QED) is 0.923. The SMILES string of the molecule is CCC(CC(=O)N1C2CCNCC1CC2)c1ccccc1. The van der Waals surface area contributed by atoms with Crippen molar-refractivity contribution in [2.75, 3.05) is 13.1 Å². The van der Waals surface area contributed by atoms with E-state index in [9.17, 15) is 4.79 Å². The normalized spacial score (nSPS) is 26.4. The zero-order valence-corrected chi connectivity index (χ0v) is 12.9. The van der Waals surface area contributed by atoms with Crippen molar-refractivity contribution in [3.8, 4) is 0 Å². The molecule has 0 spiro atoms. The largest absolute Gasteiger partial charge is 0.335 e. The molecule has 21 heavy (non-hydrogen) atoms. The van der Waals surface area contributed by atoms with E-state index in [0.717, 1.165) is 25.9 Å². The van der Waals surface area contributed by atoms with E-state index in [2.05, 4.69) is 41.4 Å². The zero-order chi connectivity index (χ0) is 14.7. The molecule has 2 bridgehead atoms. The van der Waals surface area contributed by atoms with Crippen LogP contribution < -0.4 is 5.32 Å². The minimum absolute atomic E-state index is 0.356. The van der Waals surface area contributed by atoms with Crippen LogP contribution in [0.25, 0.3) is 0 Å². The Morgan fingerprint density at radius 2 is 2.00 bits per heavy atom. The maximum Gasteiger partial charge on any atom is 0.223 e. The van der Waals surface area contributed by atoms with E-state index in [1.54, 1.807) is 0 Å². The Balaban J connectivity index is 1.70. The fourth-order valence-electron chi connectivity index (χ4n) is 3.93. The third kappa shape index (κ3) is 3.13. The van der Waals surface area contributed by atoms with Gasteiger partial charge in [-0.25, -0.2) is 0 Å². The lowest BCUT2D eigenvalue weighted by Crippen LogP contribution is -2.42. The third-order valence-corrected chi connectivity index (χ3v) is 5.13. The van der Waals surface area contributed by atoms with Crippen molar-refractivity contribution in [1.82, 2.24) is 10.2 Å². The molecule has 1 aromatic carbocycles. The zero-order valence-electron chi connectivity index (χ0n) is 12.9. The molecule has 0 aromatic heterocycles. The van der Waals surface area contributed by atoms with Crippen LogP contribution in [0.15, 0.2) is 30.3 Å². The number of carbonyl (C=O) groups is 1. The summed E-state index contributed by atoms with van der Waals surface area (Å²) in [7, 11) is 0. The summed E-state index contributed by atoms with van der Waals surface area (Å²) < 4.78 is 0. The molecule has 0 radical (unpaired) electrons. The smallest absolute Gasteiger partial charge is 0.223 e. The lowest BCUT2D eigenvalue weighted by atomic mass is 9.92. The predicted molar refractivity (Wildman–Crippen MR) is 85.2 cm³/mol. The second kappa shape index (κ2) is 6.61. The number of fused-ring (bicyclic) bond motifs is 2. The monoisotopic (exact) mass is 286 g/mol. The van der Waals surface area contributed by atoms with Crippen molar-refractivity contribution in [2.45, 2.75) is 57.0 Å². The Morgan fingerprint density at radius 1 is 1.24 bits per heavy atom. The molecule has 2 aliphatic heterocycles. The first-order valence-corrected chi connectivity index (χ1v) is 8.36. The topological polar surface area (TPSA) is 32.3 Å². The van der Waals surface area contributed by atoms with Gasteiger partial charge in [0.2, 0.25) is 5.91 Å². The van der Waals surface area contributed by atoms with E-state index < -0.39 is 0 Å². The van der Waals surface area contributed by atoms with Gasteiger partial charge in [0.1, 0.15) is 0 Å². The first-order valence-electron chi connectivity index (χ1n) is 8.36. The predicted octanol–water partition coefficient (Wildman–Crippen LogP) is 2.92. The molecule has 0 aliphatic carbocycles. The molecule has 1 amide bonds. The van der Waals surface area contributed by atoms with Crippen LogP contribution in [-0.2, 0) is 4.79 Å². The lowest BCUT2D eigenvalue weighted by molar-refractivity contribution is -0.134. The number of benzene rings is 1. The minimum atomic E-state index is 0.356. The third-order valence-electron chi connectivity index (χ3n) is 5.13. The average Bonchev–Trinajstić information content (AvgIpc) is 2.78. The second-order valence-corrected chi connectivity index (χ2v) is 6.40. The van der Waals surface area contributed by atoms with E-state index >= 15 is 0 Å². The molecule has 0 saturated carbocycles. The highest BCUT2D eigenvalue weighted by Crippen LogP contribution is 2.31. The number of carbonyl (C=O) groups excluding carboxylic acids is 1. The number of nitrogens with zero attached hydrogens (tertiary/aromatic N) is 1. The Kier molecular flexibility index (Phi) is 4.59. The van der Waals surface area contributed by atoms with Crippen LogP contribution in [0.3, 0.4) is 0 Å². The molecule has 3 atom stereocenters. The Hall–Kier alpha value is -1.35. The van der Waals surface area contributed by atoms with Gasteiger partial charge < -0.3 is 10.2 Å². The van der Waals surface area contributed by atoms with Gasteiger partial charge in [-0.15, -0.1) is 0 Å². The summed E-state index contributed by atoms with van der Waals surface area (Å²) in [5.74, 6) is 0.719. The average molecular weight is 286 g/mol. The summed E-state index contributed by atoms with van der Waals surface area (Å²) in [6.07, 6.45) is 5.17. The molecular weight excluding hydrogens is 260 g/mol. The standard InChI is InChI=1S/C18H26N2O/c1-2-14(15-6-4-3-5-7-15)12-18(21)20-16-8-9-17(20)13-19-11-10-16/h3-7,14,16-17,19H,2,8-13H2,1H3. The van der Waals surface area contributed by atoms with Gasteiger partial charge >= 0.3 is 0 Å². The van der Waals surface area contributed by atoms with Crippen molar-refractivity contribution in [3.05, 3.63) is 35.9 Å². The van der Waals surface area contributed by atoms with Gasteiger partial charge in [0.25, 0.3) is 0 Å². The van der Waals surface area contributed by atoms with Gasteiger partial charge in [0.05, 0.1) is 0 Å². The van der Waals surface area contributed by atoms with Crippen molar-refractivity contribution in [2.24, 2.45) is 0 Å². The van der Waals surface area contributed by atoms with Crippen LogP contribution in [0.5, 0.6) is 0 Å². The van der Waals surface area contributed by atoms with Crippen molar-refractivity contribution in [1.29, 1.82) is 0 Å². The van der Waals surface area contributed by atoms with E-state index in [4.69, 9.17) is 0 Å². The molecule has 3 rings (SSSR count). The molecule has 3 nitrogen and oxygen atoms in total. The summed E-state index contributed by atoms with van der Waals surface area (Å²) in [4.78, 5) is 15.1. The maximum atomic E-state index is 12.9. The van der Waals surface area contributed by atoms with Crippen LogP contribution in [0.2, 0.25) is 0 Å². The van der Waals surface area contributed by atoms with Crippen molar-refractivity contribution >= 4 is 5.91 Å². The highest BCUT2D eigenvalue weighted by molar-refractivity contribution is 5.78. The van der Waals surface area contributed by atoms with Gasteiger partial charge in [-0.05, 0) is 43.7 Å². The first kappa shape index (κ1) is 14.6. The molecule has 1 aromatic rings. The van der Waals surface area contributed by atoms with Gasteiger partial charge in [0, 0.05) is 25.0 Å². The van der Waals surface area contributed by atoms with Gasteiger partial charge in [0.15, 0.2) is 0 Å². The first-order chi connectivity index (χ1) is 10.3. The molecule has 2 aliphatic rings. The van der Waals surface area contributed by atoms with E-state index in [1.165, 1.54) is 18.4 Å². The van der Waals surface area contributed by atoms with E-state index in [1.807, 2.05) is 6.07 Å². The fourth-order valence-corrected chi connectivity index (χ4v) is 3.93. The molecule has 2 fully saturated rings. The Morgan fingerprint density at radius 3 is 2.76 bits per heavy atom. The second-order valence-electron chi connectivity index (χ2n) is 6.40. The van der Waals surface area contributed by atoms with Crippen LogP contribution in [0, 0.1) is 0 Å². The van der Waals surface area contributed by atoms with Crippen LogP contribution in [0.1, 0.15) is 50.5 Å². The van der Waals surface area contributed by atoms with Gasteiger partial charge in [-0.3, -0.25) is 4.79 Å². The number of hydrogen-bond acceptors (Lipinski definition) is 2. The number of hydrogen-bond donors (Lipinski definition) is 1.